The van der Waals surface area contributed by atoms with Crippen LogP contribution in [0, 0.1) is 23.1 Å². The van der Waals surface area contributed by atoms with Crippen molar-refractivity contribution < 1.29 is 9.13 Å². The van der Waals surface area contributed by atoms with Crippen molar-refractivity contribution in [1.29, 1.82) is 5.26 Å². The van der Waals surface area contributed by atoms with Gasteiger partial charge in [-0.2, -0.15) is 5.26 Å². The largest absolute Gasteiger partial charge is 0.492 e. The van der Waals surface area contributed by atoms with E-state index >= 15 is 0 Å². The number of nitrogens with one attached hydrogen (secondary N) is 1. The third kappa shape index (κ3) is 3.61. The highest BCUT2D eigenvalue weighted by atomic mass is 35.5. The van der Waals surface area contributed by atoms with E-state index in [-0.39, 0.29) is 21.4 Å². The van der Waals surface area contributed by atoms with Crippen LogP contribution in [0.15, 0.2) is 30.5 Å². The van der Waals surface area contributed by atoms with E-state index in [2.05, 4.69) is 15.3 Å². The van der Waals surface area contributed by atoms with Crippen LogP contribution in [0.2, 0.25) is 10.2 Å². The normalized spacial score (nSPS) is 13.4. The number of benzene rings is 1. The van der Waals surface area contributed by atoms with Crippen molar-refractivity contribution in [3.05, 3.63) is 52.0 Å². The van der Waals surface area contributed by atoms with Gasteiger partial charge in [-0.1, -0.05) is 23.2 Å². The zero-order valence-corrected chi connectivity index (χ0v) is 15.5. The van der Waals surface area contributed by atoms with Gasteiger partial charge in [-0.3, -0.25) is 4.98 Å². The second kappa shape index (κ2) is 7.18. The molecule has 1 saturated carbocycles. The molecular formula is C19H13Cl2FN4O. The van der Waals surface area contributed by atoms with E-state index in [9.17, 15) is 9.65 Å². The molecule has 27 heavy (non-hydrogen) atoms. The van der Waals surface area contributed by atoms with E-state index < -0.39 is 5.82 Å². The molecule has 1 aliphatic carbocycles. The molecule has 2 aromatic heterocycles. The van der Waals surface area contributed by atoms with Crippen LogP contribution in [-0.4, -0.2) is 16.6 Å². The molecule has 136 valence electrons. The lowest BCUT2D eigenvalue weighted by atomic mass is 10.2. The van der Waals surface area contributed by atoms with Crippen molar-refractivity contribution in [3.8, 4) is 11.8 Å². The quantitative estimate of drug-likeness (QED) is 0.572. The minimum atomic E-state index is -0.666. The number of aromatic nitrogens is 2. The maximum atomic E-state index is 14.8. The van der Waals surface area contributed by atoms with Crippen molar-refractivity contribution >= 4 is 45.6 Å². The summed E-state index contributed by atoms with van der Waals surface area (Å²) < 4.78 is 20.4. The molecule has 1 aromatic carbocycles. The van der Waals surface area contributed by atoms with E-state index in [1.54, 1.807) is 18.2 Å². The Labute approximate surface area is 164 Å². The van der Waals surface area contributed by atoms with Crippen molar-refractivity contribution in [1.82, 2.24) is 9.97 Å². The Morgan fingerprint density at radius 3 is 2.81 bits per heavy atom. The van der Waals surface area contributed by atoms with Gasteiger partial charge >= 0.3 is 0 Å². The standard InChI is InChI=1S/C19H13Cl2FN4O/c20-15-6-4-13-19(26-15)18(11(7-23)8-24-13)25-12-3-5-14(16(21)17(12)22)27-9-10-1-2-10/h3-6,8,10H,1-2,9H2,(H,24,25). The first kappa shape index (κ1) is 17.8. The molecule has 8 heteroatoms. The number of anilines is 2. The molecule has 5 nitrogen and oxygen atoms in total. The lowest BCUT2D eigenvalue weighted by Gasteiger charge is -2.14. The molecule has 0 spiro atoms. The number of pyridine rings is 2. The lowest BCUT2D eigenvalue weighted by molar-refractivity contribution is 0.298. The number of halogens is 3. The molecular weight excluding hydrogens is 390 g/mol. The Morgan fingerprint density at radius 2 is 2.07 bits per heavy atom. The van der Waals surface area contributed by atoms with E-state index in [1.165, 1.54) is 12.3 Å². The number of nitrogens with zero attached hydrogens (tertiary/aromatic N) is 3. The molecule has 1 fully saturated rings. The first-order chi connectivity index (χ1) is 13.1. The fourth-order valence-electron chi connectivity index (χ4n) is 2.62. The van der Waals surface area contributed by atoms with Gasteiger partial charge < -0.3 is 10.1 Å². The van der Waals surface area contributed by atoms with Crippen LogP contribution in [-0.2, 0) is 0 Å². The van der Waals surface area contributed by atoms with E-state index in [4.69, 9.17) is 27.9 Å². The third-order valence-electron chi connectivity index (χ3n) is 4.28. The molecule has 3 aromatic rings. The summed E-state index contributed by atoms with van der Waals surface area (Å²) in [6, 6.07) is 8.41. The summed E-state index contributed by atoms with van der Waals surface area (Å²) in [5.74, 6) is 0.160. The molecule has 0 amide bonds. The van der Waals surface area contributed by atoms with Gasteiger partial charge in [0.1, 0.15) is 27.5 Å². The summed E-state index contributed by atoms with van der Waals surface area (Å²) in [6.45, 7) is 0.530. The summed E-state index contributed by atoms with van der Waals surface area (Å²) in [7, 11) is 0. The molecule has 0 aliphatic heterocycles. The van der Waals surface area contributed by atoms with Crippen LogP contribution in [0.4, 0.5) is 15.8 Å². The van der Waals surface area contributed by atoms with Crippen molar-refractivity contribution in [2.75, 3.05) is 11.9 Å². The molecule has 0 unspecified atom stereocenters. The molecule has 0 atom stereocenters. The van der Waals surface area contributed by atoms with Gasteiger partial charge in [0.15, 0.2) is 5.82 Å². The summed E-state index contributed by atoms with van der Waals surface area (Å²) >= 11 is 12.1. The summed E-state index contributed by atoms with van der Waals surface area (Å²) in [6.07, 6.45) is 3.65. The number of hydrogen-bond donors (Lipinski definition) is 1. The van der Waals surface area contributed by atoms with Gasteiger partial charge in [0.05, 0.1) is 29.1 Å². The molecule has 1 N–H and O–H groups in total. The highest BCUT2D eigenvalue weighted by molar-refractivity contribution is 6.32. The second-order valence-electron chi connectivity index (χ2n) is 6.28. The van der Waals surface area contributed by atoms with Crippen LogP contribution < -0.4 is 10.1 Å². The molecule has 2 heterocycles. The minimum Gasteiger partial charge on any atom is -0.492 e. The highest BCUT2D eigenvalue weighted by Gasteiger charge is 2.23. The monoisotopic (exact) mass is 402 g/mol. The molecule has 0 radical (unpaired) electrons. The number of fused-ring (bicyclic) bond motifs is 1. The SMILES string of the molecule is N#Cc1cnc2ccc(Cl)nc2c1Nc1ccc(OCC2CC2)c(Cl)c1F. The van der Waals surface area contributed by atoms with Gasteiger partial charge in [0, 0.05) is 6.20 Å². The van der Waals surface area contributed by atoms with Crippen molar-refractivity contribution in [2.24, 2.45) is 5.92 Å². The van der Waals surface area contributed by atoms with Gasteiger partial charge in [0.25, 0.3) is 0 Å². The van der Waals surface area contributed by atoms with Crippen LogP contribution in [0.25, 0.3) is 11.0 Å². The first-order valence-electron chi connectivity index (χ1n) is 8.30. The van der Waals surface area contributed by atoms with Gasteiger partial charge in [0.2, 0.25) is 0 Å². The Morgan fingerprint density at radius 1 is 1.26 bits per heavy atom. The Balaban J connectivity index is 1.72. The third-order valence-corrected chi connectivity index (χ3v) is 4.84. The van der Waals surface area contributed by atoms with Gasteiger partial charge in [-0.15, -0.1) is 0 Å². The van der Waals surface area contributed by atoms with Crippen LogP contribution >= 0.6 is 23.2 Å². The predicted octanol–water partition coefficient (Wildman–Crippen LogP) is 5.48. The van der Waals surface area contributed by atoms with E-state index in [0.717, 1.165) is 12.8 Å². The molecule has 0 bridgehead atoms. The maximum Gasteiger partial charge on any atom is 0.168 e. The Bertz CT molecular complexity index is 1080. The van der Waals surface area contributed by atoms with Crippen LogP contribution in [0.5, 0.6) is 5.75 Å². The van der Waals surface area contributed by atoms with Crippen LogP contribution in [0.3, 0.4) is 0 Å². The lowest BCUT2D eigenvalue weighted by Crippen LogP contribution is -2.03. The summed E-state index contributed by atoms with van der Waals surface area (Å²) in [4.78, 5) is 8.39. The number of nitriles is 1. The average Bonchev–Trinajstić information content (AvgIpc) is 3.49. The van der Waals surface area contributed by atoms with E-state index in [1.807, 2.05) is 6.07 Å². The van der Waals surface area contributed by atoms with Gasteiger partial charge in [-0.25, -0.2) is 9.37 Å². The molecule has 4 rings (SSSR count). The van der Waals surface area contributed by atoms with Crippen molar-refractivity contribution in [2.45, 2.75) is 12.8 Å². The average molecular weight is 403 g/mol. The smallest absolute Gasteiger partial charge is 0.168 e. The topological polar surface area (TPSA) is 70.8 Å². The first-order valence-corrected chi connectivity index (χ1v) is 9.05. The van der Waals surface area contributed by atoms with Gasteiger partial charge in [-0.05, 0) is 43.0 Å². The predicted molar refractivity (Wildman–Crippen MR) is 102 cm³/mol. The zero-order chi connectivity index (χ0) is 19.0. The number of hydrogen-bond acceptors (Lipinski definition) is 5. The maximum absolute atomic E-state index is 14.8. The fourth-order valence-corrected chi connectivity index (χ4v) is 2.99. The van der Waals surface area contributed by atoms with Crippen LogP contribution in [0.1, 0.15) is 18.4 Å². The fraction of sp³-hybridized carbons (Fsp3) is 0.211. The zero-order valence-electron chi connectivity index (χ0n) is 14.0. The molecule has 1 aliphatic rings. The molecule has 0 saturated heterocycles. The Hall–Kier alpha value is -2.62. The Kier molecular flexibility index (Phi) is 4.73. The minimum absolute atomic E-state index is 0.101. The highest BCUT2D eigenvalue weighted by Crippen LogP contribution is 2.37. The second-order valence-corrected chi connectivity index (χ2v) is 7.04. The summed E-state index contributed by atoms with van der Waals surface area (Å²) in [5.41, 5.74) is 1.51. The number of rotatable bonds is 5. The van der Waals surface area contributed by atoms with Crippen molar-refractivity contribution in [3.63, 3.8) is 0 Å². The van der Waals surface area contributed by atoms with E-state index in [0.29, 0.717) is 35.0 Å². The number of ether oxygens (including phenoxy) is 1. The summed E-state index contributed by atoms with van der Waals surface area (Å²) in [5, 5.41) is 12.4.